The molecule has 0 saturated heterocycles. The van der Waals surface area contributed by atoms with Gasteiger partial charge in [-0.25, -0.2) is 0 Å². The molecule has 0 aliphatic rings. The van der Waals surface area contributed by atoms with Crippen LogP contribution in [0.5, 0.6) is 0 Å². The fourth-order valence-corrected chi connectivity index (χ4v) is 0.785. The summed E-state index contributed by atoms with van der Waals surface area (Å²) in [6.07, 6.45) is 7.17. The van der Waals surface area contributed by atoms with Gasteiger partial charge in [0.2, 0.25) is 0 Å². The molecule has 0 radical (unpaired) electrons. The summed E-state index contributed by atoms with van der Waals surface area (Å²) in [7, 11) is 1.71. The predicted octanol–water partition coefficient (Wildman–Crippen LogP) is 2.89. The van der Waals surface area contributed by atoms with Gasteiger partial charge in [0.05, 0.1) is 12.9 Å². The van der Waals surface area contributed by atoms with Gasteiger partial charge in [-0.1, -0.05) is 6.08 Å². The second kappa shape index (κ2) is 6.40. The molecule has 0 aromatic carbocycles. The molecule has 0 heterocycles. The van der Waals surface area contributed by atoms with Gasteiger partial charge in [-0.3, -0.25) is 0 Å². The van der Waals surface area contributed by atoms with E-state index >= 15 is 0 Å². The molecular weight excluding hydrogens is 124 g/mol. The minimum atomic E-state index is 1.03. The highest BCUT2D eigenvalue weighted by Gasteiger charge is 1.91. The van der Waals surface area contributed by atoms with Gasteiger partial charge in [-0.15, -0.1) is 6.58 Å². The van der Waals surface area contributed by atoms with Gasteiger partial charge in [-0.2, -0.15) is 0 Å². The first-order valence-electron chi connectivity index (χ1n) is 3.65. The first-order valence-corrected chi connectivity index (χ1v) is 3.65. The van der Waals surface area contributed by atoms with E-state index in [2.05, 4.69) is 6.58 Å². The summed E-state index contributed by atoms with van der Waals surface area (Å²) in [6.45, 7) is 5.64. The smallest absolute Gasteiger partial charge is 0.0913 e. The van der Waals surface area contributed by atoms with Crippen LogP contribution >= 0.6 is 0 Å². The van der Waals surface area contributed by atoms with Crippen LogP contribution in [0.4, 0.5) is 0 Å². The molecule has 0 fully saturated rings. The summed E-state index contributed by atoms with van der Waals surface area (Å²) in [5.74, 6) is 1.07. The topological polar surface area (TPSA) is 9.23 Å². The van der Waals surface area contributed by atoms with Gasteiger partial charge >= 0.3 is 0 Å². The van der Waals surface area contributed by atoms with Crippen molar-refractivity contribution >= 4 is 0 Å². The lowest BCUT2D eigenvalue weighted by molar-refractivity contribution is 0.274. The normalized spacial score (nSPS) is 11.2. The third-order valence-corrected chi connectivity index (χ3v) is 1.42. The number of ether oxygens (including phenoxy) is 1. The van der Waals surface area contributed by atoms with Gasteiger partial charge in [-0.05, 0) is 25.8 Å². The summed E-state index contributed by atoms with van der Waals surface area (Å²) >= 11 is 0. The maximum absolute atomic E-state index is 5.07. The number of allylic oxidation sites excluding steroid dienone is 3. The average Bonchev–Trinajstić information content (AvgIpc) is 1.99. The Bertz CT molecular complexity index is 114. The van der Waals surface area contributed by atoms with E-state index in [0.29, 0.717) is 0 Å². The van der Waals surface area contributed by atoms with Crippen molar-refractivity contribution in [2.75, 3.05) is 7.11 Å². The molecule has 0 atom stereocenters. The van der Waals surface area contributed by atoms with Gasteiger partial charge < -0.3 is 4.74 Å². The van der Waals surface area contributed by atoms with Crippen molar-refractivity contribution in [2.24, 2.45) is 0 Å². The summed E-state index contributed by atoms with van der Waals surface area (Å²) in [6, 6.07) is 0. The van der Waals surface area contributed by atoms with E-state index in [1.807, 2.05) is 19.1 Å². The second-order valence-corrected chi connectivity index (χ2v) is 2.14. The minimum Gasteiger partial charge on any atom is -0.501 e. The van der Waals surface area contributed by atoms with E-state index in [1.54, 1.807) is 7.11 Å². The highest BCUT2D eigenvalue weighted by atomic mass is 16.5. The van der Waals surface area contributed by atoms with Crippen molar-refractivity contribution in [2.45, 2.75) is 26.2 Å². The Morgan fingerprint density at radius 1 is 1.60 bits per heavy atom. The largest absolute Gasteiger partial charge is 0.501 e. The Morgan fingerprint density at radius 3 is 2.70 bits per heavy atom. The van der Waals surface area contributed by atoms with Crippen LogP contribution in [0.25, 0.3) is 0 Å². The minimum absolute atomic E-state index is 1.03. The number of hydrogen-bond donors (Lipinski definition) is 0. The fourth-order valence-electron chi connectivity index (χ4n) is 0.785. The van der Waals surface area contributed by atoms with E-state index in [1.165, 1.54) is 0 Å². The van der Waals surface area contributed by atoms with Gasteiger partial charge in [0.15, 0.2) is 0 Å². The molecule has 1 heteroatoms. The van der Waals surface area contributed by atoms with Crippen molar-refractivity contribution in [1.82, 2.24) is 0 Å². The number of rotatable bonds is 5. The highest BCUT2D eigenvalue weighted by molar-refractivity contribution is 4.90. The molecule has 0 aliphatic carbocycles. The van der Waals surface area contributed by atoms with E-state index in [4.69, 9.17) is 4.74 Å². The van der Waals surface area contributed by atoms with Crippen LogP contribution in [0.2, 0.25) is 0 Å². The van der Waals surface area contributed by atoms with Gasteiger partial charge in [0, 0.05) is 6.42 Å². The average molecular weight is 140 g/mol. The third-order valence-electron chi connectivity index (χ3n) is 1.42. The van der Waals surface area contributed by atoms with Gasteiger partial charge in [0.1, 0.15) is 0 Å². The molecule has 0 aliphatic heterocycles. The predicted molar refractivity (Wildman–Crippen MR) is 44.8 cm³/mol. The fraction of sp³-hybridized carbons (Fsp3) is 0.556. The monoisotopic (exact) mass is 140 g/mol. The number of methoxy groups -OCH3 is 1. The van der Waals surface area contributed by atoms with Crippen LogP contribution in [-0.4, -0.2) is 7.11 Å². The number of hydrogen-bond acceptors (Lipinski definition) is 1. The molecule has 58 valence electrons. The number of unbranched alkanes of at least 4 members (excludes halogenated alkanes) is 1. The van der Waals surface area contributed by atoms with E-state index in [-0.39, 0.29) is 0 Å². The molecule has 0 aromatic rings. The second-order valence-electron chi connectivity index (χ2n) is 2.14. The first kappa shape index (κ1) is 9.28. The highest BCUT2D eigenvalue weighted by Crippen LogP contribution is 2.07. The Labute approximate surface area is 63.4 Å². The molecule has 1 nitrogen and oxygen atoms in total. The van der Waals surface area contributed by atoms with Crippen molar-refractivity contribution in [3.63, 3.8) is 0 Å². The molecule has 0 amide bonds. The Kier molecular flexibility index (Phi) is 5.94. The molecule has 0 N–H and O–H groups in total. The van der Waals surface area contributed by atoms with Crippen LogP contribution in [0, 0.1) is 0 Å². The Morgan fingerprint density at radius 2 is 2.30 bits per heavy atom. The quantitative estimate of drug-likeness (QED) is 0.324. The van der Waals surface area contributed by atoms with Crippen LogP contribution in [0.15, 0.2) is 24.5 Å². The zero-order valence-corrected chi connectivity index (χ0v) is 6.89. The maximum Gasteiger partial charge on any atom is 0.0913 e. The molecule has 10 heavy (non-hydrogen) atoms. The lowest BCUT2D eigenvalue weighted by Crippen LogP contribution is -1.85. The van der Waals surface area contributed by atoms with Crippen molar-refractivity contribution in [3.05, 3.63) is 24.5 Å². The van der Waals surface area contributed by atoms with Crippen molar-refractivity contribution in [1.29, 1.82) is 0 Å². The zero-order chi connectivity index (χ0) is 7.82. The van der Waals surface area contributed by atoms with Crippen LogP contribution in [0.3, 0.4) is 0 Å². The first-order chi connectivity index (χ1) is 4.85. The van der Waals surface area contributed by atoms with E-state index in [9.17, 15) is 0 Å². The van der Waals surface area contributed by atoms with Crippen LogP contribution in [-0.2, 0) is 4.74 Å². The summed E-state index contributed by atoms with van der Waals surface area (Å²) in [5.41, 5.74) is 0. The molecule has 0 unspecified atom stereocenters. The Hall–Kier alpha value is -0.720. The lowest BCUT2D eigenvalue weighted by Gasteiger charge is -2.02. The Balaban J connectivity index is 3.36. The maximum atomic E-state index is 5.07. The van der Waals surface area contributed by atoms with Crippen molar-refractivity contribution < 1.29 is 4.74 Å². The van der Waals surface area contributed by atoms with E-state index < -0.39 is 0 Å². The summed E-state index contributed by atoms with van der Waals surface area (Å²) in [4.78, 5) is 0. The third kappa shape index (κ3) is 4.19. The molecule has 0 rings (SSSR count). The lowest BCUT2D eigenvalue weighted by atomic mass is 10.2. The standard InChI is InChI=1S/C9H16O/c1-4-6-7-8-9(5-2)10-3/h4-5H,1,6-8H2,2-3H3/b9-5-. The molecule has 0 bridgehead atoms. The van der Waals surface area contributed by atoms with Gasteiger partial charge in [0.25, 0.3) is 0 Å². The zero-order valence-electron chi connectivity index (χ0n) is 6.89. The van der Waals surface area contributed by atoms with Crippen LogP contribution < -0.4 is 0 Å². The van der Waals surface area contributed by atoms with E-state index in [0.717, 1.165) is 25.0 Å². The molecule has 0 aromatic heterocycles. The molecular formula is C9H16O. The van der Waals surface area contributed by atoms with Crippen molar-refractivity contribution in [3.8, 4) is 0 Å². The van der Waals surface area contributed by atoms with Crippen LogP contribution in [0.1, 0.15) is 26.2 Å². The summed E-state index contributed by atoms with van der Waals surface area (Å²) in [5, 5.41) is 0. The molecule has 0 spiro atoms. The summed E-state index contributed by atoms with van der Waals surface area (Å²) < 4.78 is 5.07. The SMILES string of the molecule is C=CCCC/C(=C/C)OC. The molecule has 0 saturated carbocycles.